The van der Waals surface area contributed by atoms with Gasteiger partial charge >= 0.3 is 0 Å². The second-order valence-corrected chi connectivity index (χ2v) is 6.60. The number of thioether (sulfide) groups is 1. The Morgan fingerprint density at radius 2 is 2.10 bits per heavy atom. The van der Waals surface area contributed by atoms with Crippen molar-refractivity contribution in [3.05, 3.63) is 28.8 Å². The number of benzene rings is 1. The Kier molecular flexibility index (Phi) is 5.79. The lowest BCUT2D eigenvalue weighted by molar-refractivity contribution is 0.284. The Bertz CT molecular complexity index is 479. The first-order valence-electron chi connectivity index (χ1n) is 7.30. The van der Waals surface area contributed by atoms with Gasteiger partial charge in [0, 0.05) is 18.1 Å². The lowest BCUT2D eigenvalue weighted by atomic mass is 10.00. The van der Waals surface area contributed by atoms with E-state index in [0.29, 0.717) is 0 Å². The highest BCUT2D eigenvalue weighted by Gasteiger charge is 2.18. The van der Waals surface area contributed by atoms with E-state index < -0.39 is 0 Å². The maximum atomic E-state index is 6.07. The summed E-state index contributed by atoms with van der Waals surface area (Å²) in [6.45, 7) is 6.72. The second kappa shape index (κ2) is 7.37. The van der Waals surface area contributed by atoms with Crippen LogP contribution in [-0.4, -0.2) is 29.4 Å². The van der Waals surface area contributed by atoms with Gasteiger partial charge in [0.15, 0.2) is 5.17 Å². The number of hydrogen-bond donors (Lipinski definition) is 0. The van der Waals surface area contributed by atoms with Crippen LogP contribution in [0.2, 0.25) is 5.02 Å². The molecule has 0 atom stereocenters. The fourth-order valence-corrected chi connectivity index (χ4v) is 3.32. The first-order chi connectivity index (χ1) is 9.63. The normalized spacial score (nSPS) is 17.6. The molecule has 1 aromatic rings. The summed E-state index contributed by atoms with van der Waals surface area (Å²) in [5.74, 6) is 0.844. The number of halogens is 1. The summed E-state index contributed by atoms with van der Waals surface area (Å²) in [7, 11) is 0. The standard InChI is InChI=1S/C16H23ClN2S/c1-4-13-11-14(17)5-6-15(13)18-16(20-3)19-9-7-12(2)8-10-19/h5-6,11-12H,4,7-10H2,1-3H3/b18-16+. The van der Waals surface area contributed by atoms with Gasteiger partial charge in [-0.15, -0.1) is 0 Å². The molecule has 0 N–H and O–H groups in total. The maximum absolute atomic E-state index is 6.07. The molecule has 0 aromatic heterocycles. The number of likely N-dealkylation sites (tertiary alicyclic amines) is 1. The number of amidine groups is 1. The van der Waals surface area contributed by atoms with Crippen LogP contribution in [0.1, 0.15) is 32.3 Å². The quantitative estimate of drug-likeness (QED) is 0.565. The zero-order chi connectivity index (χ0) is 14.5. The molecule has 1 aliphatic rings. The van der Waals surface area contributed by atoms with E-state index in [0.717, 1.165) is 41.3 Å². The van der Waals surface area contributed by atoms with Gasteiger partial charge in [-0.2, -0.15) is 0 Å². The van der Waals surface area contributed by atoms with Crippen LogP contribution in [0.15, 0.2) is 23.2 Å². The minimum Gasteiger partial charge on any atom is -0.351 e. The van der Waals surface area contributed by atoms with E-state index in [1.54, 1.807) is 11.8 Å². The molecule has 0 amide bonds. The van der Waals surface area contributed by atoms with Gasteiger partial charge in [-0.25, -0.2) is 4.99 Å². The molecule has 110 valence electrons. The van der Waals surface area contributed by atoms with E-state index in [2.05, 4.69) is 25.0 Å². The van der Waals surface area contributed by atoms with E-state index in [-0.39, 0.29) is 0 Å². The minimum absolute atomic E-state index is 0.790. The summed E-state index contributed by atoms with van der Waals surface area (Å²) >= 11 is 7.81. The van der Waals surface area contributed by atoms with E-state index in [1.807, 2.05) is 18.2 Å². The molecular weight excluding hydrogens is 288 g/mol. The van der Waals surface area contributed by atoms with E-state index in [9.17, 15) is 0 Å². The van der Waals surface area contributed by atoms with Gasteiger partial charge in [0.1, 0.15) is 0 Å². The van der Waals surface area contributed by atoms with Gasteiger partial charge < -0.3 is 4.90 Å². The molecule has 0 unspecified atom stereocenters. The fourth-order valence-electron chi connectivity index (χ4n) is 2.49. The molecule has 1 saturated heterocycles. The number of aliphatic imine (C=N–C) groups is 1. The number of nitrogens with zero attached hydrogens (tertiary/aromatic N) is 2. The van der Waals surface area contributed by atoms with Gasteiger partial charge in [-0.05, 0) is 55.2 Å². The smallest absolute Gasteiger partial charge is 0.164 e. The van der Waals surface area contributed by atoms with Crippen molar-refractivity contribution < 1.29 is 0 Å². The molecule has 0 aliphatic carbocycles. The largest absolute Gasteiger partial charge is 0.351 e. The Morgan fingerprint density at radius 1 is 1.40 bits per heavy atom. The molecule has 0 radical (unpaired) electrons. The Labute approximate surface area is 131 Å². The summed E-state index contributed by atoms with van der Waals surface area (Å²) in [6, 6.07) is 5.98. The third kappa shape index (κ3) is 3.92. The van der Waals surface area contributed by atoms with Crippen molar-refractivity contribution in [2.45, 2.75) is 33.1 Å². The summed E-state index contributed by atoms with van der Waals surface area (Å²) in [4.78, 5) is 7.30. The summed E-state index contributed by atoms with van der Waals surface area (Å²) in [5.41, 5.74) is 2.27. The van der Waals surface area contributed by atoms with Crippen LogP contribution in [0.5, 0.6) is 0 Å². The van der Waals surface area contributed by atoms with E-state index >= 15 is 0 Å². The molecule has 20 heavy (non-hydrogen) atoms. The molecular formula is C16H23ClN2S. The van der Waals surface area contributed by atoms with Crippen LogP contribution in [0.3, 0.4) is 0 Å². The Balaban J connectivity index is 2.22. The molecule has 1 aliphatic heterocycles. The van der Waals surface area contributed by atoms with Crippen LogP contribution < -0.4 is 0 Å². The van der Waals surface area contributed by atoms with Crippen LogP contribution >= 0.6 is 23.4 Å². The first-order valence-corrected chi connectivity index (χ1v) is 8.90. The highest BCUT2D eigenvalue weighted by atomic mass is 35.5. The lowest BCUT2D eigenvalue weighted by Gasteiger charge is -2.32. The monoisotopic (exact) mass is 310 g/mol. The fraction of sp³-hybridized carbons (Fsp3) is 0.562. The van der Waals surface area contributed by atoms with Crippen molar-refractivity contribution in [2.75, 3.05) is 19.3 Å². The molecule has 4 heteroatoms. The molecule has 2 nitrogen and oxygen atoms in total. The van der Waals surface area contributed by atoms with Crippen LogP contribution in [0, 0.1) is 5.92 Å². The van der Waals surface area contributed by atoms with Gasteiger partial charge in [0.25, 0.3) is 0 Å². The lowest BCUT2D eigenvalue weighted by Crippen LogP contribution is -2.36. The van der Waals surface area contributed by atoms with Crippen molar-refractivity contribution >= 4 is 34.2 Å². The topological polar surface area (TPSA) is 15.6 Å². The predicted molar refractivity (Wildman–Crippen MR) is 91.4 cm³/mol. The van der Waals surface area contributed by atoms with Crippen LogP contribution in [-0.2, 0) is 6.42 Å². The number of rotatable bonds is 2. The Hall–Kier alpha value is -0.670. The zero-order valence-electron chi connectivity index (χ0n) is 12.5. The molecule has 1 aromatic carbocycles. The van der Waals surface area contributed by atoms with E-state index in [4.69, 9.17) is 16.6 Å². The number of piperidine rings is 1. The van der Waals surface area contributed by atoms with Crippen molar-refractivity contribution in [3.8, 4) is 0 Å². The molecule has 1 fully saturated rings. The Morgan fingerprint density at radius 3 is 2.70 bits per heavy atom. The van der Waals surface area contributed by atoms with Gasteiger partial charge in [-0.1, -0.05) is 37.2 Å². The SMILES string of the molecule is CCc1cc(Cl)ccc1/N=C(/SC)N1CCC(C)CC1. The number of aryl methyl sites for hydroxylation is 1. The molecule has 0 spiro atoms. The average Bonchev–Trinajstić information content (AvgIpc) is 2.47. The molecule has 0 saturated carbocycles. The van der Waals surface area contributed by atoms with Gasteiger partial charge in [-0.3, -0.25) is 0 Å². The van der Waals surface area contributed by atoms with Crippen molar-refractivity contribution in [3.63, 3.8) is 0 Å². The third-order valence-corrected chi connectivity index (χ3v) is 4.82. The molecule has 2 rings (SSSR count). The zero-order valence-corrected chi connectivity index (χ0v) is 14.1. The summed E-state index contributed by atoms with van der Waals surface area (Å²) < 4.78 is 0. The first kappa shape index (κ1) is 15.7. The van der Waals surface area contributed by atoms with E-state index in [1.165, 1.54) is 18.4 Å². The summed E-state index contributed by atoms with van der Waals surface area (Å²) in [6.07, 6.45) is 5.60. The van der Waals surface area contributed by atoms with Gasteiger partial charge in [0.05, 0.1) is 5.69 Å². The average molecular weight is 311 g/mol. The predicted octanol–water partition coefficient (Wildman–Crippen LogP) is 4.98. The highest BCUT2D eigenvalue weighted by molar-refractivity contribution is 8.13. The maximum Gasteiger partial charge on any atom is 0.164 e. The minimum atomic E-state index is 0.790. The van der Waals surface area contributed by atoms with Crippen LogP contribution in [0.4, 0.5) is 5.69 Å². The third-order valence-electron chi connectivity index (χ3n) is 3.88. The molecule has 0 bridgehead atoms. The number of hydrogen-bond acceptors (Lipinski definition) is 2. The molecule has 1 heterocycles. The second-order valence-electron chi connectivity index (χ2n) is 5.39. The van der Waals surface area contributed by atoms with Crippen molar-refractivity contribution in [2.24, 2.45) is 10.9 Å². The highest BCUT2D eigenvalue weighted by Crippen LogP contribution is 2.27. The van der Waals surface area contributed by atoms with Crippen molar-refractivity contribution in [1.82, 2.24) is 4.90 Å². The van der Waals surface area contributed by atoms with Crippen molar-refractivity contribution in [1.29, 1.82) is 0 Å². The van der Waals surface area contributed by atoms with Gasteiger partial charge in [0.2, 0.25) is 0 Å². The van der Waals surface area contributed by atoms with Crippen LogP contribution in [0.25, 0.3) is 0 Å². The summed E-state index contributed by atoms with van der Waals surface area (Å²) in [5, 5.41) is 1.92.